The van der Waals surface area contributed by atoms with Crippen molar-refractivity contribution in [3.8, 4) is 6.07 Å². The predicted molar refractivity (Wildman–Crippen MR) is 63.3 cm³/mol. The Morgan fingerprint density at radius 3 is 2.89 bits per heavy atom. The predicted octanol–water partition coefficient (Wildman–Crippen LogP) is 2.31. The number of anilines is 1. The van der Waals surface area contributed by atoms with E-state index in [0.29, 0.717) is 25.6 Å². The highest BCUT2D eigenvalue weighted by Crippen LogP contribution is 2.28. The molecule has 96 valence electrons. The van der Waals surface area contributed by atoms with Crippen molar-refractivity contribution < 1.29 is 13.5 Å². The second-order valence-electron chi connectivity index (χ2n) is 4.43. The lowest BCUT2D eigenvalue weighted by Crippen LogP contribution is -2.22. The van der Waals surface area contributed by atoms with Gasteiger partial charge in [0.25, 0.3) is 0 Å². The molecular formula is C13H14F2N2O. The number of methoxy groups -OCH3 is 1. The van der Waals surface area contributed by atoms with Crippen LogP contribution in [0.15, 0.2) is 12.1 Å². The van der Waals surface area contributed by atoms with Gasteiger partial charge in [-0.2, -0.15) is 5.26 Å². The highest BCUT2D eigenvalue weighted by molar-refractivity contribution is 5.52. The van der Waals surface area contributed by atoms with Crippen molar-refractivity contribution in [2.75, 3.05) is 31.7 Å². The number of ether oxygens (including phenoxy) is 1. The topological polar surface area (TPSA) is 36.3 Å². The van der Waals surface area contributed by atoms with E-state index in [9.17, 15) is 8.78 Å². The number of nitriles is 1. The summed E-state index contributed by atoms with van der Waals surface area (Å²) in [5, 5.41) is 8.62. The van der Waals surface area contributed by atoms with Crippen molar-refractivity contribution in [2.24, 2.45) is 5.92 Å². The van der Waals surface area contributed by atoms with Crippen molar-refractivity contribution in [1.29, 1.82) is 5.26 Å². The van der Waals surface area contributed by atoms with Crippen molar-refractivity contribution >= 4 is 5.69 Å². The van der Waals surface area contributed by atoms with E-state index in [1.807, 2.05) is 0 Å². The van der Waals surface area contributed by atoms with Crippen LogP contribution in [0.25, 0.3) is 0 Å². The number of halogens is 2. The first-order valence-corrected chi connectivity index (χ1v) is 5.79. The van der Waals surface area contributed by atoms with E-state index < -0.39 is 11.6 Å². The summed E-state index contributed by atoms with van der Waals surface area (Å²) in [6.45, 7) is 1.95. The van der Waals surface area contributed by atoms with Crippen LogP contribution in [0.4, 0.5) is 14.5 Å². The van der Waals surface area contributed by atoms with Crippen LogP contribution in [0.2, 0.25) is 0 Å². The third-order valence-electron chi connectivity index (χ3n) is 3.21. The molecule has 2 rings (SSSR count). The summed E-state index contributed by atoms with van der Waals surface area (Å²) < 4.78 is 32.4. The van der Waals surface area contributed by atoms with E-state index in [4.69, 9.17) is 10.00 Å². The standard InChI is InChI=1S/C13H14F2N2O/c1-18-8-9-4-5-17(7-9)11-3-2-10(6-16)12(14)13(11)15/h2-3,9H,4-5,7-8H2,1H3. The molecule has 0 N–H and O–H groups in total. The molecule has 0 radical (unpaired) electrons. The highest BCUT2D eigenvalue weighted by atomic mass is 19.2. The third kappa shape index (κ3) is 2.29. The molecule has 0 amide bonds. The first kappa shape index (κ1) is 12.8. The molecule has 1 atom stereocenters. The van der Waals surface area contributed by atoms with Gasteiger partial charge < -0.3 is 9.64 Å². The van der Waals surface area contributed by atoms with Gasteiger partial charge >= 0.3 is 0 Å². The Hall–Kier alpha value is -1.67. The van der Waals surface area contributed by atoms with Gasteiger partial charge in [0.2, 0.25) is 0 Å². The molecule has 5 heteroatoms. The van der Waals surface area contributed by atoms with Crippen LogP contribution >= 0.6 is 0 Å². The van der Waals surface area contributed by atoms with Gasteiger partial charge in [-0.25, -0.2) is 8.78 Å². The number of hydrogen-bond donors (Lipinski definition) is 0. The minimum absolute atomic E-state index is 0.227. The van der Waals surface area contributed by atoms with Crippen molar-refractivity contribution in [3.63, 3.8) is 0 Å². The summed E-state index contributed by atoms with van der Waals surface area (Å²) in [4.78, 5) is 1.79. The second-order valence-corrected chi connectivity index (χ2v) is 4.43. The van der Waals surface area contributed by atoms with Gasteiger partial charge in [0.05, 0.1) is 17.9 Å². The smallest absolute Gasteiger partial charge is 0.183 e. The Labute approximate surface area is 105 Å². The molecule has 1 fully saturated rings. The van der Waals surface area contributed by atoms with E-state index in [1.54, 1.807) is 18.1 Å². The van der Waals surface area contributed by atoms with Crippen molar-refractivity contribution in [3.05, 3.63) is 29.3 Å². The van der Waals surface area contributed by atoms with E-state index in [1.165, 1.54) is 12.1 Å². The molecule has 1 unspecified atom stereocenters. The van der Waals surface area contributed by atoms with Gasteiger partial charge in [0.1, 0.15) is 6.07 Å². The van der Waals surface area contributed by atoms with Gasteiger partial charge in [-0.1, -0.05) is 0 Å². The molecule has 0 aromatic heterocycles. The third-order valence-corrected chi connectivity index (χ3v) is 3.21. The maximum absolute atomic E-state index is 13.8. The molecular weight excluding hydrogens is 238 g/mol. The Kier molecular flexibility index (Phi) is 3.78. The Morgan fingerprint density at radius 1 is 1.44 bits per heavy atom. The fourth-order valence-corrected chi connectivity index (χ4v) is 2.29. The van der Waals surface area contributed by atoms with Crippen LogP contribution in [0.5, 0.6) is 0 Å². The summed E-state index contributed by atoms with van der Waals surface area (Å²) in [7, 11) is 1.63. The van der Waals surface area contributed by atoms with Crippen LogP contribution in [-0.4, -0.2) is 26.8 Å². The van der Waals surface area contributed by atoms with Gasteiger partial charge in [-0.15, -0.1) is 0 Å². The minimum atomic E-state index is -1.06. The lowest BCUT2D eigenvalue weighted by atomic mass is 10.1. The first-order chi connectivity index (χ1) is 8.67. The van der Waals surface area contributed by atoms with E-state index in [2.05, 4.69) is 0 Å². The summed E-state index contributed by atoms with van der Waals surface area (Å²) in [6, 6.07) is 4.41. The molecule has 1 aromatic carbocycles. The molecule has 0 spiro atoms. The fourth-order valence-electron chi connectivity index (χ4n) is 2.29. The quantitative estimate of drug-likeness (QED) is 0.828. The van der Waals surface area contributed by atoms with E-state index in [-0.39, 0.29) is 11.3 Å². The van der Waals surface area contributed by atoms with Crippen molar-refractivity contribution in [1.82, 2.24) is 0 Å². The molecule has 0 saturated carbocycles. The number of benzene rings is 1. The van der Waals surface area contributed by atoms with Crippen LogP contribution in [0.3, 0.4) is 0 Å². The Balaban J connectivity index is 2.21. The normalized spacial score (nSPS) is 19.0. The summed E-state index contributed by atoms with van der Waals surface area (Å²) in [6.07, 6.45) is 0.898. The average molecular weight is 252 g/mol. The molecule has 1 heterocycles. The monoisotopic (exact) mass is 252 g/mol. The molecule has 1 aliphatic heterocycles. The summed E-state index contributed by atoms with van der Waals surface area (Å²) in [5.41, 5.74) is -0.0333. The molecule has 1 aliphatic rings. The number of hydrogen-bond acceptors (Lipinski definition) is 3. The fraction of sp³-hybridized carbons (Fsp3) is 0.462. The zero-order valence-corrected chi connectivity index (χ0v) is 10.1. The van der Waals surface area contributed by atoms with Crippen molar-refractivity contribution in [2.45, 2.75) is 6.42 Å². The highest BCUT2D eigenvalue weighted by Gasteiger charge is 2.26. The largest absolute Gasteiger partial charge is 0.384 e. The Bertz CT molecular complexity index is 485. The summed E-state index contributed by atoms with van der Waals surface area (Å²) in [5.74, 6) is -1.66. The average Bonchev–Trinajstić information content (AvgIpc) is 2.81. The van der Waals surface area contributed by atoms with Crippen LogP contribution in [0.1, 0.15) is 12.0 Å². The lowest BCUT2D eigenvalue weighted by molar-refractivity contribution is 0.161. The zero-order chi connectivity index (χ0) is 13.1. The second kappa shape index (κ2) is 5.32. The maximum Gasteiger partial charge on any atom is 0.183 e. The molecule has 0 aliphatic carbocycles. The molecule has 1 aromatic rings. The zero-order valence-electron chi connectivity index (χ0n) is 10.1. The lowest BCUT2D eigenvalue weighted by Gasteiger charge is -2.19. The van der Waals surface area contributed by atoms with Gasteiger partial charge in [0, 0.05) is 26.1 Å². The SMILES string of the molecule is COCC1CCN(c2ccc(C#N)c(F)c2F)C1. The van der Waals surface area contributed by atoms with Crippen LogP contribution in [-0.2, 0) is 4.74 Å². The minimum Gasteiger partial charge on any atom is -0.384 e. The molecule has 3 nitrogen and oxygen atoms in total. The first-order valence-electron chi connectivity index (χ1n) is 5.79. The van der Waals surface area contributed by atoms with Gasteiger partial charge in [0.15, 0.2) is 11.6 Å². The van der Waals surface area contributed by atoms with Crippen LogP contribution in [0, 0.1) is 28.9 Å². The Morgan fingerprint density at radius 2 is 2.22 bits per heavy atom. The number of rotatable bonds is 3. The number of nitrogens with zero attached hydrogens (tertiary/aromatic N) is 2. The van der Waals surface area contributed by atoms with E-state index in [0.717, 1.165) is 6.42 Å². The maximum atomic E-state index is 13.8. The van der Waals surface area contributed by atoms with E-state index >= 15 is 0 Å². The van der Waals surface area contributed by atoms with Gasteiger partial charge in [-0.05, 0) is 18.6 Å². The molecule has 0 bridgehead atoms. The van der Waals surface area contributed by atoms with Crippen LogP contribution < -0.4 is 4.90 Å². The molecule has 1 saturated heterocycles. The summed E-state index contributed by atoms with van der Waals surface area (Å²) >= 11 is 0. The molecule has 18 heavy (non-hydrogen) atoms. The van der Waals surface area contributed by atoms with Gasteiger partial charge in [-0.3, -0.25) is 0 Å².